The Morgan fingerprint density at radius 3 is 2.76 bits per heavy atom. The number of methoxy groups -OCH3 is 1. The van der Waals surface area contributed by atoms with Crippen molar-refractivity contribution in [2.75, 3.05) is 27.4 Å². The van der Waals surface area contributed by atoms with Gasteiger partial charge in [-0.05, 0) is 37.6 Å². The van der Waals surface area contributed by atoms with E-state index < -0.39 is 0 Å². The Kier molecular flexibility index (Phi) is 4.40. The summed E-state index contributed by atoms with van der Waals surface area (Å²) in [7, 11) is 3.73. The van der Waals surface area contributed by atoms with Crippen LogP contribution in [0.4, 0.5) is 0 Å². The molecule has 3 heteroatoms. The van der Waals surface area contributed by atoms with Crippen LogP contribution in [0.5, 0.6) is 5.75 Å². The molecular formula is C14H21NO2. The van der Waals surface area contributed by atoms with Crippen LogP contribution in [0.25, 0.3) is 0 Å². The number of ether oxygens (including phenoxy) is 2. The topological polar surface area (TPSA) is 30.5 Å². The lowest BCUT2D eigenvalue weighted by molar-refractivity contribution is 0.0342. The Morgan fingerprint density at radius 2 is 2.12 bits per heavy atom. The maximum Gasteiger partial charge on any atom is 0.118 e. The third kappa shape index (κ3) is 3.20. The van der Waals surface area contributed by atoms with Gasteiger partial charge in [0.2, 0.25) is 0 Å². The van der Waals surface area contributed by atoms with Crippen LogP contribution in [0, 0.1) is 5.92 Å². The van der Waals surface area contributed by atoms with Gasteiger partial charge in [0.25, 0.3) is 0 Å². The zero-order valence-corrected chi connectivity index (χ0v) is 10.6. The van der Waals surface area contributed by atoms with E-state index in [4.69, 9.17) is 9.47 Å². The molecule has 0 aromatic heterocycles. The van der Waals surface area contributed by atoms with E-state index >= 15 is 0 Å². The van der Waals surface area contributed by atoms with Gasteiger partial charge in [0.15, 0.2) is 0 Å². The van der Waals surface area contributed by atoms with Crippen LogP contribution in [0.15, 0.2) is 24.3 Å². The van der Waals surface area contributed by atoms with E-state index in [0.717, 1.165) is 31.8 Å². The molecule has 1 aromatic rings. The van der Waals surface area contributed by atoms with Crippen molar-refractivity contribution in [3.05, 3.63) is 29.8 Å². The number of hydrogen-bond acceptors (Lipinski definition) is 3. The van der Waals surface area contributed by atoms with E-state index in [1.165, 1.54) is 5.56 Å². The highest BCUT2D eigenvalue weighted by Crippen LogP contribution is 2.21. The van der Waals surface area contributed by atoms with Crippen LogP contribution >= 0.6 is 0 Å². The average molecular weight is 235 g/mol. The molecule has 0 amide bonds. The minimum absolute atomic E-state index is 0.571. The van der Waals surface area contributed by atoms with Gasteiger partial charge in [-0.25, -0.2) is 0 Å². The molecule has 2 atom stereocenters. The number of rotatable bonds is 4. The molecule has 0 radical (unpaired) electrons. The molecule has 0 aliphatic carbocycles. The SMILES string of the molecule is CN[C@H]1CCOC[C@H]1Cc1ccc(OC)cc1. The Morgan fingerprint density at radius 1 is 1.35 bits per heavy atom. The Hall–Kier alpha value is -1.06. The fourth-order valence-electron chi connectivity index (χ4n) is 2.44. The molecule has 2 rings (SSSR count). The molecule has 1 saturated heterocycles. The second kappa shape index (κ2) is 6.03. The Labute approximate surface area is 103 Å². The lowest BCUT2D eigenvalue weighted by atomic mass is 9.89. The lowest BCUT2D eigenvalue weighted by Gasteiger charge is -2.31. The zero-order chi connectivity index (χ0) is 12.1. The molecule has 1 aliphatic heterocycles. The molecule has 1 aromatic carbocycles. The highest BCUT2D eigenvalue weighted by atomic mass is 16.5. The third-order valence-corrected chi connectivity index (χ3v) is 3.50. The van der Waals surface area contributed by atoms with E-state index in [0.29, 0.717) is 12.0 Å². The summed E-state index contributed by atoms with van der Waals surface area (Å²) in [6.07, 6.45) is 2.17. The monoisotopic (exact) mass is 235 g/mol. The van der Waals surface area contributed by atoms with Crippen molar-refractivity contribution in [3.63, 3.8) is 0 Å². The van der Waals surface area contributed by atoms with E-state index in [1.54, 1.807) is 7.11 Å². The van der Waals surface area contributed by atoms with Crippen LogP contribution < -0.4 is 10.1 Å². The molecular weight excluding hydrogens is 214 g/mol. The first-order chi connectivity index (χ1) is 8.33. The van der Waals surface area contributed by atoms with Gasteiger partial charge in [-0.15, -0.1) is 0 Å². The molecule has 1 heterocycles. The smallest absolute Gasteiger partial charge is 0.118 e. The molecule has 94 valence electrons. The van der Waals surface area contributed by atoms with Crippen molar-refractivity contribution in [2.45, 2.75) is 18.9 Å². The first-order valence-corrected chi connectivity index (χ1v) is 6.21. The van der Waals surface area contributed by atoms with Gasteiger partial charge in [-0.2, -0.15) is 0 Å². The standard InChI is InChI=1S/C14H21NO2/c1-15-14-7-8-17-10-12(14)9-11-3-5-13(16-2)6-4-11/h3-6,12,14-15H,7-10H2,1-2H3/t12-,14+/m1/s1. The van der Waals surface area contributed by atoms with E-state index in [9.17, 15) is 0 Å². The predicted octanol–water partition coefficient (Wildman–Crippen LogP) is 1.86. The van der Waals surface area contributed by atoms with Crippen LogP contribution in [-0.2, 0) is 11.2 Å². The van der Waals surface area contributed by atoms with Crippen molar-refractivity contribution in [2.24, 2.45) is 5.92 Å². The summed E-state index contributed by atoms with van der Waals surface area (Å²) in [5.41, 5.74) is 1.35. The van der Waals surface area contributed by atoms with Gasteiger partial charge < -0.3 is 14.8 Å². The largest absolute Gasteiger partial charge is 0.497 e. The van der Waals surface area contributed by atoms with Gasteiger partial charge in [-0.1, -0.05) is 12.1 Å². The third-order valence-electron chi connectivity index (χ3n) is 3.50. The van der Waals surface area contributed by atoms with Gasteiger partial charge >= 0.3 is 0 Å². The zero-order valence-electron chi connectivity index (χ0n) is 10.6. The van der Waals surface area contributed by atoms with Crippen LogP contribution in [0.1, 0.15) is 12.0 Å². The summed E-state index contributed by atoms with van der Waals surface area (Å²) in [6, 6.07) is 8.90. The van der Waals surface area contributed by atoms with Crippen LogP contribution in [-0.4, -0.2) is 33.4 Å². The minimum Gasteiger partial charge on any atom is -0.497 e. The Bertz CT molecular complexity index is 337. The molecule has 1 aliphatic rings. The quantitative estimate of drug-likeness (QED) is 0.864. The molecule has 1 N–H and O–H groups in total. The lowest BCUT2D eigenvalue weighted by Crippen LogP contribution is -2.41. The van der Waals surface area contributed by atoms with E-state index in [-0.39, 0.29) is 0 Å². The van der Waals surface area contributed by atoms with E-state index in [1.807, 2.05) is 19.2 Å². The average Bonchev–Trinajstić information content (AvgIpc) is 2.40. The van der Waals surface area contributed by atoms with Crippen molar-refractivity contribution in [1.29, 1.82) is 0 Å². The second-order valence-electron chi connectivity index (χ2n) is 4.57. The van der Waals surface area contributed by atoms with Crippen molar-refractivity contribution < 1.29 is 9.47 Å². The summed E-state index contributed by atoms with van der Waals surface area (Å²) >= 11 is 0. The van der Waals surface area contributed by atoms with Crippen LogP contribution in [0.3, 0.4) is 0 Å². The van der Waals surface area contributed by atoms with Crippen molar-refractivity contribution in [1.82, 2.24) is 5.32 Å². The number of hydrogen-bond donors (Lipinski definition) is 1. The first kappa shape index (κ1) is 12.4. The van der Waals surface area contributed by atoms with E-state index in [2.05, 4.69) is 17.4 Å². The highest BCUT2D eigenvalue weighted by Gasteiger charge is 2.24. The normalized spacial score (nSPS) is 24.6. The first-order valence-electron chi connectivity index (χ1n) is 6.21. The van der Waals surface area contributed by atoms with Crippen LogP contribution in [0.2, 0.25) is 0 Å². The fourth-order valence-corrected chi connectivity index (χ4v) is 2.44. The van der Waals surface area contributed by atoms with Gasteiger partial charge in [-0.3, -0.25) is 0 Å². The summed E-state index contributed by atoms with van der Waals surface area (Å²) in [4.78, 5) is 0. The maximum atomic E-state index is 5.57. The van der Waals surface area contributed by atoms with Gasteiger partial charge in [0.1, 0.15) is 5.75 Å². The summed E-state index contributed by atoms with van der Waals surface area (Å²) in [6.45, 7) is 1.74. The summed E-state index contributed by atoms with van der Waals surface area (Å²) in [5.74, 6) is 1.49. The number of benzene rings is 1. The molecule has 17 heavy (non-hydrogen) atoms. The predicted molar refractivity (Wildman–Crippen MR) is 68.5 cm³/mol. The molecule has 1 fully saturated rings. The van der Waals surface area contributed by atoms with Gasteiger partial charge in [0, 0.05) is 18.6 Å². The summed E-state index contributed by atoms with van der Waals surface area (Å²) < 4.78 is 10.7. The maximum absolute atomic E-state index is 5.57. The minimum atomic E-state index is 0.571. The van der Waals surface area contributed by atoms with Crippen molar-refractivity contribution in [3.8, 4) is 5.75 Å². The fraction of sp³-hybridized carbons (Fsp3) is 0.571. The Balaban J connectivity index is 1.98. The summed E-state index contributed by atoms with van der Waals surface area (Å²) in [5, 5.41) is 3.39. The molecule has 0 unspecified atom stereocenters. The molecule has 0 bridgehead atoms. The molecule has 3 nitrogen and oxygen atoms in total. The van der Waals surface area contributed by atoms with Crippen molar-refractivity contribution >= 4 is 0 Å². The van der Waals surface area contributed by atoms with Gasteiger partial charge in [0.05, 0.1) is 13.7 Å². The second-order valence-corrected chi connectivity index (χ2v) is 4.57. The molecule has 0 spiro atoms. The number of nitrogens with one attached hydrogen (secondary N) is 1. The highest BCUT2D eigenvalue weighted by molar-refractivity contribution is 5.27. The molecule has 0 saturated carbocycles.